The fraction of sp³-hybridized carbons (Fsp3) is 0.500. The SMILES string of the molecule is CC(C)CNCc1coc(CN(C)Cc2ccc(Cl)s2)c1. The first-order valence-electron chi connectivity index (χ1n) is 7.22. The molecule has 0 aliphatic heterocycles. The third kappa shape index (κ3) is 5.83. The van der Waals surface area contributed by atoms with E-state index in [1.165, 1.54) is 10.4 Å². The molecule has 21 heavy (non-hydrogen) atoms. The predicted molar refractivity (Wildman–Crippen MR) is 89.8 cm³/mol. The number of hydrogen-bond acceptors (Lipinski definition) is 4. The van der Waals surface area contributed by atoms with Crippen molar-refractivity contribution in [3.8, 4) is 0 Å². The summed E-state index contributed by atoms with van der Waals surface area (Å²) in [6, 6.07) is 6.15. The topological polar surface area (TPSA) is 28.4 Å². The van der Waals surface area contributed by atoms with Gasteiger partial charge in [-0.3, -0.25) is 4.90 Å². The summed E-state index contributed by atoms with van der Waals surface area (Å²) in [7, 11) is 2.09. The van der Waals surface area contributed by atoms with Crippen LogP contribution < -0.4 is 5.32 Å². The van der Waals surface area contributed by atoms with E-state index in [0.29, 0.717) is 5.92 Å². The van der Waals surface area contributed by atoms with E-state index in [-0.39, 0.29) is 0 Å². The zero-order valence-corrected chi connectivity index (χ0v) is 14.4. The van der Waals surface area contributed by atoms with Gasteiger partial charge in [0.15, 0.2) is 0 Å². The van der Waals surface area contributed by atoms with Gasteiger partial charge in [-0.15, -0.1) is 11.3 Å². The van der Waals surface area contributed by atoms with Crippen LogP contribution in [0.5, 0.6) is 0 Å². The van der Waals surface area contributed by atoms with Gasteiger partial charge in [0.05, 0.1) is 17.1 Å². The van der Waals surface area contributed by atoms with Crippen molar-refractivity contribution in [3.63, 3.8) is 0 Å². The molecule has 2 aromatic rings. The summed E-state index contributed by atoms with van der Waals surface area (Å²) in [6.45, 7) is 8.00. The molecule has 0 saturated carbocycles. The molecular weight excluding hydrogens is 304 g/mol. The Labute approximate surface area is 135 Å². The van der Waals surface area contributed by atoms with Gasteiger partial charge in [-0.25, -0.2) is 0 Å². The third-order valence-electron chi connectivity index (χ3n) is 3.07. The van der Waals surface area contributed by atoms with E-state index in [0.717, 1.165) is 36.3 Å². The average Bonchev–Trinajstić information content (AvgIpc) is 2.98. The molecular formula is C16H23ClN2OS. The zero-order valence-electron chi connectivity index (χ0n) is 12.9. The van der Waals surface area contributed by atoms with Crippen LogP contribution in [0.4, 0.5) is 0 Å². The molecule has 116 valence electrons. The highest BCUT2D eigenvalue weighted by Crippen LogP contribution is 2.23. The first kappa shape index (κ1) is 16.6. The van der Waals surface area contributed by atoms with Gasteiger partial charge in [0.1, 0.15) is 5.76 Å². The van der Waals surface area contributed by atoms with E-state index in [1.807, 2.05) is 12.3 Å². The lowest BCUT2D eigenvalue weighted by molar-refractivity contribution is 0.290. The summed E-state index contributed by atoms with van der Waals surface area (Å²) in [4.78, 5) is 3.50. The molecule has 0 saturated heterocycles. The molecule has 0 atom stereocenters. The smallest absolute Gasteiger partial charge is 0.118 e. The van der Waals surface area contributed by atoms with Gasteiger partial charge >= 0.3 is 0 Å². The molecule has 3 nitrogen and oxygen atoms in total. The van der Waals surface area contributed by atoms with Gasteiger partial charge in [-0.2, -0.15) is 0 Å². The molecule has 2 heterocycles. The largest absolute Gasteiger partial charge is 0.468 e. The molecule has 1 N–H and O–H groups in total. The Kier molecular flexibility index (Phi) is 6.30. The van der Waals surface area contributed by atoms with E-state index >= 15 is 0 Å². The number of hydrogen-bond donors (Lipinski definition) is 1. The molecule has 2 rings (SSSR count). The third-order valence-corrected chi connectivity index (χ3v) is 4.29. The first-order valence-corrected chi connectivity index (χ1v) is 8.42. The van der Waals surface area contributed by atoms with Gasteiger partial charge in [-0.1, -0.05) is 25.4 Å². The van der Waals surface area contributed by atoms with Crippen LogP contribution in [0.1, 0.15) is 30.0 Å². The predicted octanol–water partition coefficient (Wildman–Crippen LogP) is 4.37. The van der Waals surface area contributed by atoms with Crippen molar-refractivity contribution in [2.45, 2.75) is 33.5 Å². The van der Waals surface area contributed by atoms with Crippen LogP contribution in [0.2, 0.25) is 4.34 Å². The van der Waals surface area contributed by atoms with Crippen molar-refractivity contribution in [1.29, 1.82) is 0 Å². The lowest BCUT2D eigenvalue weighted by atomic mass is 10.2. The van der Waals surface area contributed by atoms with E-state index in [1.54, 1.807) is 11.3 Å². The molecule has 0 bridgehead atoms. The monoisotopic (exact) mass is 326 g/mol. The number of halogens is 1. The maximum Gasteiger partial charge on any atom is 0.118 e. The van der Waals surface area contributed by atoms with Crippen molar-refractivity contribution >= 4 is 22.9 Å². The molecule has 0 amide bonds. The minimum atomic E-state index is 0.667. The normalized spacial score (nSPS) is 11.7. The van der Waals surface area contributed by atoms with Crippen LogP contribution in [0.25, 0.3) is 0 Å². The Hall–Kier alpha value is -0.810. The van der Waals surface area contributed by atoms with Gasteiger partial charge in [0.25, 0.3) is 0 Å². The summed E-state index contributed by atoms with van der Waals surface area (Å²) in [5, 5.41) is 3.42. The Balaban J connectivity index is 1.78. The van der Waals surface area contributed by atoms with Crippen molar-refractivity contribution in [2.75, 3.05) is 13.6 Å². The van der Waals surface area contributed by atoms with E-state index in [9.17, 15) is 0 Å². The maximum absolute atomic E-state index is 5.95. The van der Waals surface area contributed by atoms with Crippen LogP contribution in [0.15, 0.2) is 28.9 Å². The highest BCUT2D eigenvalue weighted by molar-refractivity contribution is 7.16. The number of nitrogens with one attached hydrogen (secondary N) is 1. The fourth-order valence-corrected chi connectivity index (χ4v) is 3.30. The molecule has 0 aliphatic carbocycles. The standard InChI is InChI=1S/C16H23ClN2OS/c1-12(2)7-18-8-13-6-14(20-11-13)9-19(3)10-15-4-5-16(17)21-15/h4-6,11-12,18H,7-10H2,1-3H3. The molecule has 0 unspecified atom stereocenters. The number of nitrogens with zero attached hydrogens (tertiary/aromatic N) is 1. The second kappa shape index (κ2) is 7.99. The van der Waals surface area contributed by atoms with Crippen LogP contribution in [0, 0.1) is 5.92 Å². The Morgan fingerprint density at radius 1 is 1.33 bits per heavy atom. The quantitative estimate of drug-likeness (QED) is 0.780. The van der Waals surface area contributed by atoms with E-state index < -0.39 is 0 Å². The summed E-state index contributed by atoms with van der Waals surface area (Å²) >= 11 is 7.58. The molecule has 0 fully saturated rings. The Morgan fingerprint density at radius 3 is 2.81 bits per heavy atom. The van der Waals surface area contributed by atoms with Gasteiger partial charge in [0.2, 0.25) is 0 Å². The molecule has 2 aromatic heterocycles. The summed E-state index contributed by atoms with van der Waals surface area (Å²) in [5.41, 5.74) is 1.21. The van der Waals surface area contributed by atoms with Crippen molar-refractivity contribution < 1.29 is 4.42 Å². The van der Waals surface area contributed by atoms with E-state index in [4.69, 9.17) is 16.0 Å². The van der Waals surface area contributed by atoms with Crippen LogP contribution in [-0.4, -0.2) is 18.5 Å². The van der Waals surface area contributed by atoms with Gasteiger partial charge in [0, 0.05) is 23.5 Å². The molecule has 0 spiro atoms. The first-order chi connectivity index (χ1) is 10.0. The fourth-order valence-electron chi connectivity index (χ4n) is 2.13. The molecule has 0 aliphatic rings. The Bertz CT molecular complexity index is 550. The van der Waals surface area contributed by atoms with Crippen LogP contribution in [-0.2, 0) is 19.6 Å². The maximum atomic E-state index is 5.95. The summed E-state index contributed by atoms with van der Waals surface area (Å²) < 4.78 is 6.47. The molecule has 0 radical (unpaired) electrons. The number of rotatable bonds is 8. The van der Waals surface area contributed by atoms with Crippen molar-refractivity contribution in [3.05, 3.63) is 45.0 Å². The van der Waals surface area contributed by atoms with Gasteiger partial charge < -0.3 is 9.73 Å². The summed E-state index contributed by atoms with van der Waals surface area (Å²) in [5.74, 6) is 1.67. The number of thiophene rings is 1. The molecule has 5 heteroatoms. The van der Waals surface area contributed by atoms with Crippen LogP contribution >= 0.6 is 22.9 Å². The lowest BCUT2D eigenvalue weighted by Crippen LogP contribution is -2.18. The average molecular weight is 327 g/mol. The highest BCUT2D eigenvalue weighted by atomic mass is 35.5. The van der Waals surface area contributed by atoms with Crippen molar-refractivity contribution in [1.82, 2.24) is 10.2 Å². The van der Waals surface area contributed by atoms with Crippen molar-refractivity contribution in [2.24, 2.45) is 5.92 Å². The Morgan fingerprint density at radius 2 is 2.14 bits per heavy atom. The van der Waals surface area contributed by atoms with Crippen LogP contribution in [0.3, 0.4) is 0 Å². The highest BCUT2D eigenvalue weighted by Gasteiger charge is 2.08. The second-order valence-corrected chi connectivity index (χ2v) is 7.62. The summed E-state index contributed by atoms with van der Waals surface area (Å²) in [6.07, 6.45) is 1.85. The van der Waals surface area contributed by atoms with Gasteiger partial charge in [-0.05, 0) is 37.7 Å². The minimum Gasteiger partial charge on any atom is -0.468 e. The number of furan rings is 1. The van der Waals surface area contributed by atoms with E-state index in [2.05, 4.69) is 43.2 Å². The minimum absolute atomic E-state index is 0.667. The molecule has 0 aromatic carbocycles. The zero-order chi connectivity index (χ0) is 15.2. The second-order valence-electron chi connectivity index (χ2n) is 5.82. The lowest BCUT2D eigenvalue weighted by Gasteiger charge is -2.13.